The predicted molar refractivity (Wildman–Crippen MR) is 84.3 cm³/mol. The van der Waals surface area contributed by atoms with Crippen molar-refractivity contribution in [3.05, 3.63) is 45.4 Å². The number of ether oxygens (including phenoxy) is 1. The minimum absolute atomic E-state index is 0.0508. The van der Waals surface area contributed by atoms with Gasteiger partial charge in [-0.05, 0) is 31.0 Å². The van der Waals surface area contributed by atoms with E-state index in [2.05, 4.69) is 30.3 Å². The van der Waals surface area contributed by atoms with Crippen LogP contribution in [0, 0.1) is 6.92 Å². The van der Waals surface area contributed by atoms with Gasteiger partial charge in [0.05, 0.1) is 10.7 Å². The number of aryl methyl sites for hydroxylation is 1. The summed E-state index contributed by atoms with van der Waals surface area (Å²) in [7, 11) is 0. The van der Waals surface area contributed by atoms with Crippen molar-refractivity contribution in [3.8, 4) is 5.75 Å². The third-order valence-electron chi connectivity index (χ3n) is 3.16. The molecule has 1 aromatic carbocycles. The van der Waals surface area contributed by atoms with E-state index in [1.54, 1.807) is 11.3 Å². The lowest BCUT2D eigenvalue weighted by molar-refractivity contribution is 0.299. The van der Waals surface area contributed by atoms with Crippen LogP contribution in [0.2, 0.25) is 0 Å². The van der Waals surface area contributed by atoms with Crippen LogP contribution in [0.1, 0.15) is 54.6 Å². The summed E-state index contributed by atoms with van der Waals surface area (Å²) in [6, 6.07) is 6.15. The molecule has 0 saturated heterocycles. The van der Waals surface area contributed by atoms with Gasteiger partial charge < -0.3 is 10.5 Å². The van der Waals surface area contributed by atoms with Gasteiger partial charge in [0.1, 0.15) is 12.4 Å². The first-order valence-electron chi connectivity index (χ1n) is 6.90. The Bertz CT molecular complexity index is 576. The molecule has 0 bridgehead atoms. The average Bonchev–Trinajstić information content (AvgIpc) is 2.86. The van der Waals surface area contributed by atoms with Crippen molar-refractivity contribution in [2.45, 2.75) is 46.3 Å². The fourth-order valence-electron chi connectivity index (χ4n) is 1.92. The molecule has 0 radical (unpaired) electrons. The van der Waals surface area contributed by atoms with E-state index in [4.69, 9.17) is 10.5 Å². The predicted octanol–water partition coefficient (Wildman–Crippen LogP) is 4.17. The summed E-state index contributed by atoms with van der Waals surface area (Å²) in [6.45, 7) is 8.85. The van der Waals surface area contributed by atoms with Gasteiger partial charge in [0.2, 0.25) is 0 Å². The Labute approximate surface area is 124 Å². The molecule has 0 amide bonds. The number of aromatic nitrogens is 1. The van der Waals surface area contributed by atoms with Crippen molar-refractivity contribution >= 4 is 11.3 Å². The smallest absolute Gasteiger partial charge is 0.131 e. The minimum Gasteiger partial charge on any atom is -0.487 e. The maximum absolute atomic E-state index is 5.88. The lowest BCUT2D eigenvalue weighted by Gasteiger charge is -2.11. The van der Waals surface area contributed by atoms with E-state index in [9.17, 15) is 0 Å². The van der Waals surface area contributed by atoms with Crippen LogP contribution < -0.4 is 10.5 Å². The summed E-state index contributed by atoms with van der Waals surface area (Å²) >= 11 is 1.70. The Kier molecular flexibility index (Phi) is 4.78. The van der Waals surface area contributed by atoms with Crippen molar-refractivity contribution < 1.29 is 4.74 Å². The standard InChI is InChI=1S/C16H22N2OS/c1-10(2)16-18-14(9-20-16)8-19-15-6-5-13(12(4)17)7-11(15)3/h5-7,9-10,12H,8,17H2,1-4H3/t12-/m1/s1. The first-order valence-corrected chi connectivity index (χ1v) is 7.78. The molecule has 4 heteroatoms. The zero-order valence-electron chi connectivity index (χ0n) is 12.5. The highest BCUT2D eigenvalue weighted by molar-refractivity contribution is 7.09. The minimum atomic E-state index is 0.0508. The summed E-state index contributed by atoms with van der Waals surface area (Å²) in [4.78, 5) is 4.57. The Hall–Kier alpha value is -1.39. The molecular weight excluding hydrogens is 268 g/mol. The number of hydrogen-bond donors (Lipinski definition) is 1. The zero-order chi connectivity index (χ0) is 14.7. The molecule has 0 aliphatic carbocycles. The van der Waals surface area contributed by atoms with Crippen molar-refractivity contribution in [1.82, 2.24) is 4.98 Å². The first kappa shape index (κ1) is 15.0. The molecule has 20 heavy (non-hydrogen) atoms. The SMILES string of the molecule is Cc1cc([C@@H](C)N)ccc1OCc1csc(C(C)C)n1. The van der Waals surface area contributed by atoms with Crippen LogP contribution >= 0.6 is 11.3 Å². The van der Waals surface area contributed by atoms with Gasteiger partial charge in [-0.15, -0.1) is 11.3 Å². The Morgan fingerprint density at radius 1 is 1.30 bits per heavy atom. The van der Waals surface area contributed by atoms with Crippen molar-refractivity contribution in [3.63, 3.8) is 0 Å². The van der Waals surface area contributed by atoms with E-state index >= 15 is 0 Å². The maximum atomic E-state index is 5.88. The lowest BCUT2D eigenvalue weighted by atomic mass is 10.1. The van der Waals surface area contributed by atoms with Crippen molar-refractivity contribution in [2.24, 2.45) is 5.73 Å². The molecule has 0 unspecified atom stereocenters. The average molecular weight is 290 g/mol. The van der Waals surface area contributed by atoms with Crippen molar-refractivity contribution in [1.29, 1.82) is 0 Å². The van der Waals surface area contributed by atoms with Crippen LogP contribution in [0.4, 0.5) is 0 Å². The first-order chi connectivity index (χ1) is 9.47. The van der Waals surface area contributed by atoms with Crippen LogP contribution in [0.3, 0.4) is 0 Å². The van der Waals surface area contributed by atoms with Gasteiger partial charge in [0, 0.05) is 17.3 Å². The van der Waals surface area contributed by atoms with Crippen LogP contribution in [-0.2, 0) is 6.61 Å². The molecule has 108 valence electrons. The summed E-state index contributed by atoms with van der Waals surface area (Å²) in [5.74, 6) is 1.37. The third-order valence-corrected chi connectivity index (χ3v) is 4.36. The van der Waals surface area contributed by atoms with E-state index in [1.165, 1.54) is 0 Å². The van der Waals surface area contributed by atoms with E-state index in [0.717, 1.165) is 27.6 Å². The Morgan fingerprint density at radius 2 is 2.05 bits per heavy atom. The maximum Gasteiger partial charge on any atom is 0.131 e. The van der Waals surface area contributed by atoms with E-state index < -0.39 is 0 Å². The number of hydrogen-bond acceptors (Lipinski definition) is 4. The number of thiazole rings is 1. The lowest BCUT2D eigenvalue weighted by Crippen LogP contribution is -2.05. The Balaban J connectivity index is 2.03. The number of nitrogens with zero attached hydrogens (tertiary/aromatic N) is 1. The molecule has 1 atom stereocenters. The highest BCUT2D eigenvalue weighted by atomic mass is 32.1. The highest BCUT2D eigenvalue weighted by Gasteiger charge is 2.08. The van der Waals surface area contributed by atoms with Crippen LogP contribution in [0.25, 0.3) is 0 Å². The monoisotopic (exact) mass is 290 g/mol. The van der Waals surface area contributed by atoms with E-state index in [0.29, 0.717) is 12.5 Å². The van der Waals surface area contributed by atoms with Gasteiger partial charge in [-0.25, -0.2) is 4.98 Å². The van der Waals surface area contributed by atoms with Gasteiger partial charge in [-0.2, -0.15) is 0 Å². The molecule has 2 aromatic rings. The molecule has 1 aromatic heterocycles. The number of nitrogens with two attached hydrogens (primary N) is 1. The quantitative estimate of drug-likeness (QED) is 0.899. The summed E-state index contributed by atoms with van der Waals surface area (Å²) in [5.41, 5.74) is 9.11. The Morgan fingerprint density at radius 3 is 2.60 bits per heavy atom. The van der Waals surface area contributed by atoms with E-state index in [1.807, 2.05) is 26.0 Å². The van der Waals surface area contributed by atoms with Gasteiger partial charge >= 0.3 is 0 Å². The molecule has 0 spiro atoms. The van der Waals surface area contributed by atoms with Crippen molar-refractivity contribution in [2.75, 3.05) is 0 Å². The molecule has 0 fully saturated rings. The second-order valence-electron chi connectivity index (χ2n) is 5.43. The second kappa shape index (κ2) is 6.37. The third kappa shape index (κ3) is 3.58. The van der Waals surface area contributed by atoms with Gasteiger partial charge in [-0.3, -0.25) is 0 Å². The zero-order valence-corrected chi connectivity index (χ0v) is 13.3. The summed E-state index contributed by atoms with van der Waals surface area (Å²) < 4.78 is 5.85. The van der Waals surface area contributed by atoms with E-state index in [-0.39, 0.29) is 6.04 Å². The van der Waals surface area contributed by atoms with Gasteiger partial charge in [0.15, 0.2) is 0 Å². The number of benzene rings is 1. The fraction of sp³-hybridized carbons (Fsp3) is 0.438. The topological polar surface area (TPSA) is 48.1 Å². The molecule has 0 aliphatic heterocycles. The van der Waals surface area contributed by atoms with Crippen LogP contribution in [-0.4, -0.2) is 4.98 Å². The molecule has 0 saturated carbocycles. The van der Waals surface area contributed by atoms with Gasteiger partial charge in [0.25, 0.3) is 0 Å². The molecule has 1 heterocycles. The second-order valence-corrected chi connectivity index (χ2v) is 6.32. The highest BCUT2D eigenvalue weighted by Crippen LogP contribution is 2.24. The van der Waals surface area contributed by atoms with Crippen LogP contribution in [0.5, 0.6) is 5.75 Å². The van der Waals surface area contributed by atoms with Crippen LogP contribution in [0.15, 0.2) is 23.6 Å². The number of rotatable bonds is 5. The normalized spacial score (nSPS) is 12.7. The molecule has 0 aliphatic rings. The fourth-order valence-corrected chi connectivity index (χ4v) is 2.74. The molecule has 2 N–H and O–H groups in total. The largest absolute Gasteiger partial charge is 0.487 e. The van der Waals surface area contributed by atoms with Gasteiger partial charge in [-0.1, -0.05) is 26.0 Å². The summed E-state index contributed by atoms with van der Waals surface area (Å²) in [5, 5.41) is 3.23. The molecule has 2 rings (SSSR count). The summed E-state index contributed by atoms with van der Waals surface area (Å²) in [6.07, 6.45) is 0. The molecule has 3 nitrogen and oxygen atoms in total. The molecular formula is C16H22N2OS.